The monoisotopic (exact) mass is 309 g/mol. The molecule has 0 radical (unpaired) electrons. The van der Waals surface area contributed by atoms with Crippen molar-refractivity contribution < 1.29 is 23.8 Å². The van der Waals surface area contributed by atoms with Gasteiger partial charge in [0.2, 0.25) is 0 Å². The molecule has 22 heavy (non-hydrogen) atoms. The zero-order valence-corrected chi connectivity index (χ0v) is 12.9. The summed E-state index contributed by atoms with van der Waals surface area (Å²) in [4.78, 5) is 25.0. The van der Waals surface area contributed by atoms with E-state index >= 15 is 0 Å². The average Bonchev–Trinajstić information content (AvgIpc) is 2.83. The summed E-state index contributed by atoms with van der Waals surface area (Å²) >= 11 is 0. The molecule has 1 amide bonds. The number of aliphatic carboxylic acids is 1. The van der Waals surface area contributed by atoms with E-state index in [2.05, 4.69) is 0 Å². The maximum atomic E-state index is 13.0. The Morgan fingerprint density at radius 3 is 2.32 bits per heavy atom. The third-order valence-corrected chi connectivity index (χ3v) is 3.59. The van der Waals surface area contributed by atoms with Crippen LogP contribution in [0.5, 0.6) is 0 Å². The lowest BCUT2D eigenvalue weighted by atomic mass is 9.89. The molecule has 1 heterocycles. The average molecular weight is 309 g/mol. The maximum absolute atomic E-state index is 13.0. The van der Waals surface area contributed by atoms with Gasteiger partial charge in [-0.05, 0) is 38.5 Å². The predicted octanol–water partition coefficient (Wildman–Crippen LogP) is 2.86. The zero-order chi connectivity index (χ0) is 16.5. The van der Waals surface area contributed by atoms with Gasteiger partial charge in [0, 0.05) is 19.0 Å². The summed E-state index contributed by atoms with van der Waals surface area (Å²) in [7, 11) is 0. The topological polar surface area (TPSA) is 66.8 Å². The molecule has 1 aliphatic heterocycles. The first-order valence-corrected chi connectivity index (χ1v) is 7.13. The van der Waals surface area contributed by atoms with E-state index in [1.807, 2.05) is 0 Å². The molecule has 1 aliphatic rings. The normalized spacial score (nSPS) is 21.7. The molecule has 2 atom stereocenters. The number of carboxylic acid groups (broad SMARTS) is 1. The number of likely N-dealkylation sites (tertiary alicyclic amines) is 1. The molecule has 0 aliphatic carbocycles. The summed E-state index contributed by atoms with van der Waals surface area (Å²) in [5.74, 6) is -2.44. The quantitative estimate of drug-likeness (QED) is 0.912. The molecule has 5 nitrogen and oxygen atoms in total. The van der Waals surface area contributed by atoms with Gasteiger partial charge < -0.3 is 14.7 Å². The molecule has 0 spiro atoms. The summed E-state index contributed by atoms with van der Waals surface area (Å²) in [5.41, 5.74) is 0.0730. The SMILES string of the molecule is CC(C)(C)OC(=O)N1C[C@H](C(=O)O)[C@H](c2ccc(F)cc2)C1. The van der Waals surface area contributed by atoms with E-state index in [9.17, 15) is 19.1 Å². The van der Waals surface area contributed by atoms with Crippen LogP contribution in [0.1, 0.15) is 32.3 Å². The number of rotatable bonds is 2. The molecule has 0 unspecified atom stereocenters. The fraction of sp³-hybridized carbons (Fsp3) is 0.500. The highest BCUT2D eigenvalue weighted by atomic mass is 19.1. The third kappa shape index (κ3) is 3.75. The fourth-order valence-corrected chi connectivity index (χ4v) is 2.58. The molecule has 0 aromatic heterocycles. The predicted molar refractivity (Wildman–Crippen MR) is 78.1 cm³/mol. The number of halogens is 1. The minimum atomic E-state index is -0.972. The molecule has 2 rings (SSSR count). The van der Waals surface area contributed by atoms with Crippen molar-refractivity contribution in [3.05, 3.63) is 35.6 Å². The molecule has 0 bridgehead atoms. The second kappa shape index (κ2) is 5.94. The summed E-state index contributed by atoms with van der Waals surface area (Å²) in [5, 5.41) is 9.38. The van der Waals surface area contributed by atoms with Gasteiger partial charge in [-0.25, -0.2) is 9.18 Å². The van der Waals surface area contributed by atoms with Gasteiger partial charge in [0.15, 0.2) is 0 Å². The molecule has 120 valence electrons. The van der Waals surface area contributed by atoms with Crippen LogP contribution in [0.15, 0.2) is 24.3 Å². The van der Waals surface area contributed by atoms with Crippen molar-refractivity contribution in [3.63, 3.8) is 0 Å². The fourth-order valence-electron chi connectivity index (χ4n) is 2.58. The number of ether oxygens (including phenoxy) is 1. The van der Waals surface area contributed by atoms with Crippen molar-refractivity contribution in [2.24, 2.45) is 5.92 Å². The molecule has 1 N–H and O–H groups in total. The van der Waals surface area contributed by atoms with Gasteiger partial charge in [-0.1, -0.05) is 12.1 Å². The Morgan fingerprint density at radius 1 is 1.23 bits per heavy atom. The lowest BCUT2D eigenvalue weighted by molar-refractivity contribution is -0.141. The summed E-state index contributed by atoms with van der Waals surface area (Å²) in [6.07, 6.45) is -0.525. The maximum Gasteiger partial charge on any atom is 0.410 e. The number of carbonyl (C=O) groups excluding carboxylic acids is 1. The highest BCUT2D eigenvalue weighted by Crippen LogP contribution is 2.33. The standard InChI is InChI=1S/C16H20FNO4/c1-16(2,3)22-15(21)18-8-12(13(9-18)14(19)20)10-4-6-11(17)7-5-10/h4-7,12-13H,8-9H2,1-3H3,(H,19,20)/t12-,13-/m0/s1. The van der Waals surface area contributed by atoms with Crippen LogP contribution >= 0.6 is 0 Å². The van der Waals surface area contributed by atoms with Gasteiger partial charge in [0.25, 0.3) is 0 Å². The van der Waals surface area contributed by atoms with Crippen molar-refractivity contribution in [3.8, 4) is 0 Å². The summed E-state index contributed by atoms with van der Waals surface area (Å²) in [6, 6.07) is 5.72. The Labute approximate surface area is 128 Å². The summed E-state index contributed by atoms with van der Waals surface area (Å²) in [6.45, 7) is 5.61. The number of carbonyl (C=O) groups is 2. The van der Waals surface area contributed by atoms with E-state index in [-0.39, 0.29) is 24.8 Å². The van der Waals surface area contributed by atoms with Crippen molar-refractivity contribution in [1.29, 1.82) is 0 Å². The van der Waals surface area contributed by atoms with Gasteiger partial charge in [0.05, 0.1) is 5.92 Å². The van der Waals surface area contributed by atoms with E-state index in [4.69, 9.17) is 4.74 Å². The Bertz CT molecular complexity index is 565. The highest BCUT2D eigenvalue weighted by molar-refractivity contribution is 5.75. The van der Waals surface area contributed by atoms with Crippen LogP contribution in [0.3, 0.4) is 0 Å². The van der Waals surface area contributed by atoms with E-state index in [0.29, 0.717) is 5.56 Å². The number of hydrogen-bond donors (Lipinski definition) is 1. The first kappa shape index (κ1) is 16.3. The van der Waals surface area contributed by atoms with Crippen LogP contribution in [0, 0.1) is 11.7 Å². The van der Waals surface area contributed by atoms with Crippen LogP contribution in [-0.4, -0.2) is 40.8 Å². The van der Waals surface area contributed by atoms with E-state index < -0.39 is 23.6 Å². The highest BCUT2D eigenvalue weighted by Gasteiger charge is 2.41. The van der Waals surface area contributed by atoms with Crippen molar-refractivity contribution in [1.82, 2.24) is 4.90 Å². The molecule has 0 saturated carbocycles. The Balaban J connectivity index is 2.18. The Hall–Kier alpha value is -2.11. The second-order valence-corrected chi connectivity index (χ2v) is 6.49. The second-order valence-electron chi connectivity index (χ2n) is 6.49. The molecule has 1 aromatic carbocycles. The van der Waals surface area contributed by atoms with Crippen LogP contribution in [0.4, 0.5) is 9.18 Å². The minimum absolute atomic E-state index is 0.0896. The number of hydrogen-bond acceptors (Lipinski definition) is 3. The Morgan fingerprint density at radius 2 is 1.82 bits per heavy atom. The van der Waals surface area contributed by atoms with E-state index in [1.165, 1.54) is 17.0 Å². The van der Waals surface area contributed by atoms with E-state index in [0.717, 1.165) is 0 Å². The molecule has 1 aromatic rings. The van der Waals surface area contributed by atoms with Crippen molar-refractivity contribution >= 4 is 12.1 Å². The zero-order valence-electron chi connectivity index (χ0n) is 12.9. The van der Waals surface area contributed by atoms with E-state index in [1.54, 1.807) is 32.9 Å². The largest absolute Gasteiger partial charge is 0.481 e. The molecular formula is C16H20FNO4. The van der Waals surface area contributed by atoms with Gasteiger partial charge in [-0.2, -0.15) is 0 Å². The Kier molecular flexibility index (Phi) is 4.39. The van der Waals surface area contributed by atoms with Crippen LogP contribution in [-0.2, 0) is 9.53 Å². The van der Waals surface area contributed by atoms with Crippen molar-refractivity contribution in [2.75, 3.05) is 13.1 Å². The molecule has 1 saturated heterocycles. The van der Waals surface area contributed by atoms with Crippen LogP contribution < -0.4 is 0 Å². The number of amides is 1. The van der Waals surface area contributed by atoms with Gasteiger partial charge in [-0.15, -0.1) is 0 Å². The van der Waals surface area contributed by atoms with Crippen LogP contribution in [0.25, 0.3) is 0 Å². The summed E-state index contributed by atoms with van der Waals surface area (Å²) < 4.78 is 18.3. The lowest BCUT2D eigenvalue weighted by Gasteiger charge is -2.24. The van der Waals surface area contributed by atoms with Gasteiger partial charge >= 0.3 is 12.1 Å². The van der Waals surface area contributed by atoms with Gasteiger partial charge in [-0.3, -0.25) is 4.79 Å². The minimum Gasteiger partial charge on any atom is -0.481 e. The smallest absolute Gasteiger partial charge is 0.410 e. The van der Waals surface area contributed by atoms with Crippen molar-refractivity contribution in [2.45, 2.75) is 32.3 Å². The van der Waals surface area contributed by atoms with Gasteiger partial charge in [0.1, 0.15) is 11.4 Å². The number of nitrogens with zero attached hydrogens (tertiary/aromatic N) is 1. The van der Waals surface area contributed by atoms with Crippen LogP contribution in [0.2, 0.25) is 0 Å². The molecular weight excluding hydrogens is 289 g/mol. The number of benzene rings is 1. The lowest BCUT2D eigenvalue weighted by Crippen LogP contribution is -2.35. The first-order chi connectivity index (χ1) is 10.2. The number of carboxylic acids is 1. The first-order valence-electron chi connectivity index (χ1n) is 7.13. The third-order valence-electron chi connectivity index (χ3n) is 3.59. The molecule has 1 fully saturated rings. The molecule has 6 heteroatoms.